The lowest BCUT2D eigenvalue weighted by molar-refractivity contribution is 0.0822. The van der Waals surface area contributed by atoms with Crippen molar-refractivity contribution in [2.24, 2.45) is 0 Å². The van der Waals surface area contributed by atoms with Gasteiger partial charge in [-0.1, -0.05) is 30.3 Å². The number of aldehydes is 1. The molecule has 3 aromatic rings. The summed E-state index contributed by atoms with van der Waals surface area (Å²) in [5.41, 5.74) is 4.13. The highest BCUT2D eigenvalue weighted by Crippen LogP contribution is 2.40. The molecule has 0 bridgehead atoms. The maximum atomic E-state index is 12.8. The second-order valence-electron chi connectivity index (χ2n) is 7.00. The summed E-state index contributed by atoms with van der Waals surface area (Å²) >= 11 is 0. The zero-order valence-corrected chi connectivity index (χ0v) is 15.6. The molecule has 1 amide bonds. The third-order valence-electron chi connectivity index (χ3n) is 5.03. The Hall–Kier alpha value is -3.15. The van der Waals surface area contributed by atoms with E-state index in [-0.39, 0.29) is 12.0 Å². The third kappa shape index (κ3) is 2.77. The van der Waals surface area contributed by atoms with Crippen molar-refractivity contribution in [1.29, 1.82) is 0 Å². The number of aryl methyl sites for hydroxylation is 1. The van der Waals surface area contributed by atoms with Gasteiger partial charge in [-0.15, -0.1) is 0 Å². The number of ether oxygens (including phenoxy) is 1. The largest absolute Gasteiger partial charge is 0.481 e. The number of nitrogens with zero attached hydrogens (tertiary/aromatic N) is 3. The Kier molecular flexibility index (Phi) is 4.18. The van der Waals surface area contributed by atoms with Crippen LogP contribution in [0.25, 0.3) is 5.65 Å². The number of carbonyl (C=O) groups excluding carboxylic acids is 2. The van der Waals surface area contributed by atoms with Crippen molar-refractivity contribution >= 4 is 17.8 Å². The molecule has 1 aliphatic heterocycles. The lowest BCUT2D eigenvalue weighted by Gasteiger charge is -2.28. The van der Waals surface area contributed by atoms with Crippen molar-refractivity contribution in [3.63, 3.8) is 0 Å². The molecule has 138 valence electrons. The fourth-order valence-corrected chi connectivity index (χ4v) is 3.63. The van der Waals surface area contributed by atoms with Crippen molar-refractivity contribution < 1.29 is 14.3 Å². The molecule has 0 saturated heterocycles. The van der Waals surface area contributed by atoms with E-state index in [1.165, 1.54) is 4.90 Å². The van der Waals surface area contributed by atoms with Gasteiger partial charge in [0.15, 0.2) is 17.7 Å². The number of imidazole rings is 1. The van der Waals surface area contributed by atoms with E-state index < -0.39 is 0 Å². The van der Waals surface area contributed by atoms with Gasteiger partial charge in [-0.25, -0.2) is 4.98 Å². The van der Waals surface area contributed by atoms with Crippen LogP contribution < -0.4 is 4.74 Å². The topological polar surface area (TPSA) is 63.9 Å². The van der Waals surface area contributed by atoms with Gasteiger partial charge in [-0.2, -0.15) is 0 Å². The van der Waals surface area contributed by atoms with Crippen molar-refractivity contribution in [2.45, 2.75) is 25.9 Å². The van der Waals surface area contributed by atoms with Gasteiger partial charge in [0.2, 0.25) is 0 Å². The minimum absolute atomic E-state index is 0.108. The van der Waals surface area contributed by atoms with Gasteiger partial charge in [-0.05, 0) is 25.3 Å². The normalized spacial score (nSPS) is 15.9. The Labute approximate surface area is 157 Å². The van der Waals surface area contributed by atoms with E-state index in [2.05, 4.69) is 4.98 Å². The number of rotatable bonds is 3. The van der Waals surface area contributed by atoms with Gasteiger partial charge >= 0.3 is 0 Å². The average Bonchev–Trinajstić information content (AvgIpc) is 3.02. The molecule has 0 aliphatic carbocycles. The van der Waals surface area contributed by atoms with Gasteiger partial charge in [-0.3, -0.25) is 14.0 Å². The molecule has 0 radical (unpaired) electrons. The Balaban J connectivity index is 1.93. The molecule has 27 heavy (non-hydrogen) atoms. The molecule has 0 saturated carbocycles. The Morgan fingerprint density at radius 1 is 1.30 bits per heavy atom. The molecule has 0 spiro atoms. The van der Waals surface area contributed by atoms with Crippen LogP contribution in [0.2, 0.25) is 0 Å². The van der Waals surface area contributed by atoms with E-state index >= 15 is 0 Å². The number of carbonyl (C=O) groups is 2. The molecule has 0 N–H and O–H groups in total. The van der Waals surface area contributed by atoms with Crippen LogP contribution in [0.15, 0.2) is 36.5 Å². The van der Waals surface area contributed by atoms with Crippen molar-refractivity contribution in [3.05, 3.63) is 64.6 Å². The number of amides is 1. The van der Waals surface area contributed by atoms with Crippen LogP contribution >= 0.6 is 0 Å². The number of aromatic nitrogens is 2. The van der Waals surface area contributed by atoms with Crippen LogP contribution in [0.1, 0.15) is 50.2 Å². The summed E-state index contributed by atoms with van der Waals surface area (Å²) in [5, 5.41) is 0. The molecule has 1 aromatic carbocycles. The summed E-state index contributed by atoms with van der Waals surface area (Å²) in [6, 6.07) is 10.0. The molecule has 4 rings (SSSR count). The first-order valence-electron chi connectivity index (χ1n) is 8.94. The van der Waals surface area contributed by atoms with Gasteiger partial charge in [0.25, 0.3) is 5.91 Å². The van der Waals surface area contributed by atoms with E-state index in [4.69, 9.17) is 4.74 Å². The van der Waals surface area contributed by atoms with Crippen LogP contribution in [0.3, 0.4) is 0 Å². The van der Waals surface area contributed by atoms with E-state index in [9.17, 15) is 9.59 Å². The van der Waals surface area contributed by atoms with Crippen LogP contribution in [0, 0.1) is 6.92 Å². The van der Waals surface area contributed by atoms with Crippen LogP contribution in [-0.2, 0) is 6.42 Å². The third-order valence-corrected chi connectivity index (χ3v) is 5.03. The highest BCUT2D eigenvalue weighted by molar-refractivity contribution is 5.97. The van der Waals surface area contributed by atoms with E-state index in [0.717, 1.165) is 23.8 Å². The van der Waals surface area contributed by atoms with Crippen molar-refractivity contribution in [3.8, 4) is 5.75 Å². The Bertz CT molecular complexity index is 1040. The zero-order chi connectivity index (χ0) is 19.1. The predicted molar refractivity (Wildman–Crippen MR) is 101 cm³/mol. The summed E-state index contributed by atoms with van der Waals surface area (Å²) < 4.78 is 8.02. The number of benzene rings is 1. The summed E-state index contributed by atoms with van der Waals surface area (Å²) in [7, 11) is 3.43. The minimum atomic E-state index is -0.113. The molecule has 1 unspecified atom stereocenters. The van der Waals surface area contributed by atoms with Gasteiger partial charge in [0, 0.05) is 25.9 Å². The molecule has 1 atom stereocenters. The smallest absolute Gasteiger partial charge is 0.255 e. The molecular weight excluding hydrogens is 342 g/mol. The van der Waals surface area contributed by atoms with E-state index in [1.54, 1.807) is 31.6 Å². The van der Waals surface area contributed by atoms with E-state index in [0.29, 0.717) is 34.8 Å². The number of hydrogen-bond donors (Lipinski definition) is 0. The van der Waals surface area contributed by atoms with E-state index in [1.807, 2.05) is 30.3 Å². The summed E-state index contributed by atoms with van der Waals surface area (Å²) in [6.45, 7) is 1.79. The summed E-state index contributed by atoms with van der Waals surface area (Å²) in [4.78, 5) is 30.4. The molecule has 0 fully saturated rings. The second kappa shape index (κ2) is 6.54. The highest BCUT2D eigenvalue weighted by Gasteiger charge is 2.30. The van der Waals surface area contributed by atoms with Crippen LogP contribution in [0.4, 0.5) is 0 Å². The fraction of sp³-hybridized carbons (Fsp3) is 0.286. The summed E-state index contributed by atoms with van der Waals surface area (Å²) in [5.74, 6) is 0.483. The zero-order valence-electron chi connectivity index (χ0n) is 15.6. The Morgan fingerprint density at radius 2 is 2.04 bits per heavy atom. The lowest BCUT2D eigenvalue weighted by atomic mass is 9.95. The maximum absolute atomic E-state index is 12.8. The fourth-order valence-electron chi connectivity index (χ4n) is 3.63. The monoisotopic (exact) mass is 363 g/mol. The summed E-state index contributed by atoms with van der Waals surface area (Å²) in [6.07, 6.45) is 3.86. The van der Waals surface area contributed by atoms with Gasteiger partial charge < -0.3 is 9.64 Å². The molecule has 1 aliphatic rings. The van der Waals surface area contributed by atoms with Crippen molar-refractivity contribution in [2.75, 3.05) is 14.1 Å². The lowest BCUT2D eigenvalue weighted by Crippen LogP contribution is -2.26. The minimum Gasteiger partial charge on any atom is -0.481 e. The van der Waals surface area contributed by atoms with Gasteiger partial charge in [0.05, 0.1) is 11.3 Å². The van der Waals surface area contributed by atoms with Crippen LogP contribution in [-0.4, -0.2) is 40.6 Å². The molecule has 6 nitrogen and oxygen atoms in total. The first-order valence-corrected chi connectivity index (χ1v) is 8.94. The van der Waals surface area contributed by atoms with Gasteiger partial charge in [0.1, 0.15) is 11.8 Å². The SMILES string of the molecule is Cc1nc2c3c(c(C(=O)N(C)C)cn2c1C=O)CCC(c1ccccc1)O3. The maximum Gasteiger partial charge on any atom is 0.255 e. The highest BCUT2D eigenvalue weighted by atomic mass is 16.5. The first-order chi connectivity index (χ1) is 13.0. The number of pyridine rings is 1. The molecule has 6 heteroatoms. The standard InChI is InChI=1S/C21H21N3O3/c1-13-17(12-25)24-11-16(21(26)23(2)3)15-9-10-18(14-7-5-4-6-8-14)27-19(15)20(24)22-13/h4-8,11-12,18H,9-10H2,1-3H3. The molecular formula is C21H21N3O3. The number of hydrogen-bond acceptors (Lipinski definition) is 4. The molecule has 3 heterocycles. The second-order valence-corrected chi connectivity index (χ2v) is 7.00. The average molecular weight is 363 g/mol. The quantitative estimate of drug-likeness (QED) is 0.670. The van der Waals surface area contributed by atoms with Crippen molar-refractivity contribution in [1.82, 2.24) is 14.3 Å². The Morgan fingerprint density at radius 3 is 2.70 bits per heavy atom. The van der Waals surface area contributed by atoms with Crippen LogP contribution in [0.5, 0.6) is 5.75 Å². The number of fused-ring (bicyclic) bond motifs is 3. The predicted octanol–water partition coefficient (Wildman–Crippen LogP) is 3.22. The first kappa shape index (κ1) is 17.3. The molecule has 2 aromatic heterocycles.